The molecule has 4 N–H and O–H groups in total. The maximum atomic E-state index is 11.8. The van der Waals surface area contributed by atoms with E-state index in [2.05, 4.69) is 42.2 Å². The van der Waals surface area contributed by atoms with Gasteiger partial charge in [-0.1, -0.05) is 28.1 Å². The summed E-state index contributed by atoms with van der Waals surface area (Å²) in [6.07, 6.45) is 1.53. The van der Waals surface area contributed by atoms with Gasteiger partial charge in [0.05, 0.1) is 22.9 Å². The molecule has 0 atom stereocenters. The number of hydrogen-bond donors (Lipinski definition) is 4. The van der Waals surface area contributed by atoms with Crippen LogP contribution in [0.3, 0.4) is 0 Å². The zero-order valence-corrected chi connectivity index (χ0v) is 19.4. The minimum atomic E-state index is -0.276. The van der Waals surface area contributed by atoms with E-state index in [4.69, 9.17) is 17.0 Å². The molecule has 9 heteroatoms. The smallest absolute Gasteiger partial charge is 0.269 e. The van der Waals surface area contributed by atoms with Gasteiger partial charge >= 0.3 is 0 Å². The van der Waals surface area contributed by atoms with Crippen LogP contribution < -0.4 is 26.0 Å². The highest BCUT2D eigenvalue weighted by Crippen LogP contribution is 2.30. The number of nitrogens with one attached hydrogen (secondary N) is 4. The van der Waals surface area contributed by atoms with Crippen LogP contribution in [0.5, 0.6) is 11.5 Å². The first-order chi connectivity index (χ1) is 15.0. The van der Waals surface area contributed by atoms with Crippen LogP contribution in [0.4, 0.5) is 17.1 Å². The minimum Gasteiger partial charge on any atom is -0.457 e. The molecule has 3 aromatic rings. The average molecular weight is 500 g/mol. The molecule has 0 aliphatic rings. The van der Waals surface area contributed by atoms with Gasteiger partial charge < -0.3 is 26.0 Å². The van der Waals surface area contributed by atoms with Gasteiger partial charge in [0.1, 0.15) is 17.2 Å². The second-order valence-electron chi connectivity index (χ2n) is 6.42. The van der Waals surface area contributed by atoms with Crippen LogP contribution in [0.1, 0.15) is 10.5 Å². The van der Waals surface area contributed by atoms with Gasteiger partial charge in [-0.25, -0.2) is 0 Å². The Hall–Kier alpha value is -3.17. The first-order valence-electron chi connectivity index (χ1n) is 9.45. The molecule has 1 aromatic heterocycles. The monoisotopic (exact) mass is 499 g/mol. The maximum absolute atomic E-state index is 11.8. The van der Waals surface area contributed by atoms with Crippen molar-refractivity contribution in [1.29, 1.82) is 0 Å². The highest BCUT2D eigenvalue weighted by molar-refractivity contribution is 9.10. The molecular weight excluding hydrogens is 478 g/mol. The van der Waals surface area contributed by atoms with Gasteiger partial charge in [0.15, 0.2) is 0 Å². The fourth-order valence-corrected chi connectivity index (χ4v) is 3.16. The Bertz CT molecular complexity index is 1080. The standard InChI is InChI=1S/C22H22BrN5O2S/c1-24-18-8-7-16(30-17-9-10-26-20(12-17)22(29)25-2)11-19(18)28-21(31)13-27-15-5-3-14(23)4-6-15/h3-12,24,27H,13H2,1-2H3,(H,25,29)(H,28,31). The molecule has 0 unspecified atom stereocenters. The number of anilines is 3. The van der Waals surface area contributed by atoms with E-state index in [0.29, 0.717) is 23.0 Å². The Labute approximate surface area is 194 Å². The highest BCUT2D eigenvalue weighted by Gasteiger charge is 2.09. The number of carbonyl (C=O) groups excluding carboxylic acids is 1. The van der Waals surface area contributed by atoms with Crippen LogP contribution in [-0.4, -0.2) is 36.5 Å². The number of nitrogens with zero attached hydrogens (tertiary/aromatic N) is 1. The van der Waals surface area contributed by atoms with Gasteiger partial charge in [0, 0.05) is 42.6 Å². The zero-order chi connectivity index (χ0) is 22.2. The Morgan fingerprint density at radius 3 is 2.48 bits per heavy atom. The van der Waals surface area contributed by atoms with Crippen molar-refractivity contribution in [3.63, 3.8) is 0 Å². The number of thiocarbonyl (C=S) groups is 1. The second kappa shape index (κ2) is 10.7. The molecule has 1 heterocycles. The first-order valence-corrected chi connectivity index (χ1v) is 10.7. The molecule has 31 heavy (non-hydrogen) atoms. The predicted octanol–water partition coefficient (Wildman–Crippen LogP) is 4.89. The molecule has 0 spiro atoms. The normalized spacial score (nSPS) is 10.2. The molecule has 1 amide bonds. The quantitative estimate of drug-likeness (QED) is 0.328. The topological polar surface area (TPSA) is 87.3 Å². The number of hydrogen-bond acceptors (Lipinski definition) is 6. The maximum Gasteiger partial charge on any atom is 0.269 e. The van der Waals surface area contributed by atoms with E-state index in [1.807, 2.05) is 49.5 Å². The van der Waals surface area contributed by atoms with E-state index < -0.39 is 0 Å². The third-order valence-electron chi connectivity index (χ3n) is 4.26. The molecular formula is C22H22BrN5O2S. The molecule has 0 aliphatic carbocycles. The molecule has 2 aromatic carbocycles. The van der Waals surface area contributed by atoms with Crippen molar-refractivity contribution in [3.8, 4) is 11.5 Å². The van der Waals surface area contributed by atoms with Crippen molar-refractivity contribution in [2.24, 2.45) is 0 Å². The molecule has 0 radical (unpaired) electrons. The summed E-state index contributed by atoms with van der Waals surface area (Å²) >= 11 is 8.92. The number of amides is 1. The Kier molecular flexibility index (Phi) is 7.80. The first kappa shape index (κ1) is 22.5. The lowest BCUT2D eigenvalue weighted by atomic mass is 10.2. The number of halogens is 1. The Balaban J connectivity index is 1.69. The van der Waals surface area contributed by atoms with Crippen LogP contribution in [0.15, 0.2) is 65.3 Å². The summed E-state index contributed by atoms with van der Waals surface area (Å²) in [4.78, 5) is 16.5. The largest absolute Gasteiger partial charge is 0.457 e. The van der Waals surface area contributed by atoms with Crippen LogP contribution >= 0.6 is 28.1 Å². The molecule has 0 saturated heterocycles. The molecule has 0 saturated carbocycles. The lowest BCUT2D eigenvalue weighted by molar-refractivity contribution is 0.0958. The summed E-state index contributed by atoms with van der Waals surface area (Å²) in [5, 5.41) is 12.2. The summed E-state index contributed by atoms with van der Waals surface area (Å²) in [5.74, 6) is 0.831. The van der Waals surface area contributed by atoms with Gasteiger partial charge in [-0.15, -0.1) is 0 Å². The molecule has 0 fully saturated rings. The van der Waals surface area contributed by atoms with Crippen LogP contribution in [-0.2, 0) is 0 Å². The van der Waals surface area contributed by atoms with Crippen molar-refractivity contribution >= 4 is 56.1 Å². The van der Waals surface area contributed by atoms with Crippen molar-refractivity contribution in [3.05, 3.63) is 71.0 Å². The Morgan fingerprint density at radius 1 is 1.03 bits per heavy atom. The predicted molar refractivity (Wildman–Crippen MR) is 133 cm³/mol. The minimum absolute atomic E-state index is 0.276. The zero-order valence-electron chi connectivity index (χ0n) is 17.0. The highest BCUT2D eigenvalue weighted by atomic mass is 79.9. The van der Waals surface area contributed by atoms with E-state index in [-0.39, 0.29) is 11.6 Å². The third-order valence-corrected chi connectivity index (χ3v) is 5.03. The SMILES string of the molecule is CNC(=O)c1cc(Oc2ccc(NC)c(NC(=S)CNc3ccc(Br)cc3)c2)ccn1. The van der Waals surface area contributed by atoms with E-state index in [1.54, 1.807) is 19.2 Å². The lowest BCUT2D eigenvalue weighted by Gasteiger charge is -2.15. The van der Waals surface area contributed by atoms with Crippen LogP contribution in [0.25, 0.3) is 0 Å². The van der Waals surface area contributed by atoms with Gasteiger partial charge in [-0.2, -0.15) is 0 Å². The fraction of sp³-hybridized carbons (Fsp3) is 0.136. The average Bonchev–Trinajstić information content (AvgIpc) is 2.78. The van der Waals surface area contributed by atoms with Gasteiger partial charge in [-0.05, 0) is 42.5 Å². The molecule has 0 bridgehead atoms. The van der Waals surface area contributed by atoms with Crippen molar-refractivity contribution in [2.75, 3.05) is 36.6 Å². The summed E-state index contributed by atoms with van der Waals surface area (Å²) in [6, 6.07) is 16.7. The number of benzene rings is 2. The fourth-order valence-electron chi connectivity index (χ4n) is 2.72. The molecule has 0 aliphatic heterocycles. The van der Waals surface area contributed by atoms with Crippen molar-refractivity contribution in [1.82, 2.24) is 10.3 Å². The van der Waals surface area contributed by atoms with E-state index >= 15 is 0 Å². The second-order valence-corrected chi connectivity index (χ2v) is 7.83. The number of aromatic nitrogens is 1. The Morgan fingerprint density at radius 2 is 1.77 bits per heavy atom. The van der Waals surface area contributed by atoms with Gasteiger partial charge in [0.2, 0.25) is 0 Å². The number of carbonyl (C=O) groups is 1. The lowest BCUT2D eigenvalue weighted by Crippen LogP contribution is -2.20. The van der Waals surface area contributed by atoms with E-state index in [9.17, 15) is 4.79 Å². The van der Waals surface area contributed by atoms with Crippen LogP contribution in [0, 0.1) is 0 Å². The van der Waals surface area contributed by atoms with E-state index in [0.717, 1.165) is 21.5 Å². The third kappa shape index (κ3) is 6.40. The number of rotatable bonds is 8. The van der Waals surface area contributed by atoms with Crippen molar-refractivity contribution < 1.29 is 9.53 Å². The number of pyridine rings is 1. The van der Waals surface area contributed by atoms with Gasteiger partial charge in [0.25, 0.3) is 5.91 Å². The number of ether oxygens (including phenoxy) is 1. The summed E-state index contributed by atoms with van der Waals surface area (Å²) < 4.78 is 6.94. The van der Waals surface area contributed by atoms with E-state index in [1.165, 1.54) is 6.20 Å². The van der Waals surface area contributed by atoms with Crippen molar-refractivity contribution in [2.45, 2.75) is 0 Å². The summed E-state index contributed by atoms with van der Waals surface area (Å²) in [5.41, 5.74) is 2.91. The molecule has 3 rings (SSSR count). The molecule has 160 valence electrons. The summed E-state index contributed by atoms with van der Waals surface area (Å²) in [7, 11) is 3.39. The molecule has 7 nitrogen and oxygen atoms in total. The van der Waals surface area contributed by atoms with Crippen LogP contribution in [0.2, 0.25) is 0 Å². The van der Waals surface area contributed by atoms with Gasteiger partial charge in [-0.3, -0.25) is 9.78 Å². The summed E-state index contributed by atoms with van der Waals surface area (Å²) in [6.45, 7) is 0.477.